The summed E-state index contributed by atoms with van der Waals surface area (Å²) in [6.45, 7) is 1.73. The summed E-state index contributed by atoms with van der Waals surface area (Å²) in [7, 11) is 0. The number of thiophene rings is 1. The molecule has 6 heteroatoms. The van der Waals surface area contributed by atoms with Gasteiger partial charge in [-0.1, -0.05) is 48.5 Å². The van der Waals surface area contributed by atoms with E-state index in [2.05, 4.69) is 10.9 Å². The van der Waals surface area contributed by atoms with Crippen LogP contribution in [0.1, 0.15) is 25.7 Å². The fraction of sp³-hybridized carbons (Fsp3) is 0.143. The highest BCUT2D eigenvalue weighted by Gasteiger charge is 2.11. The van der Waals surface area contributed by atoms with Gasteiger partial charge in [-0.2, -0.15) is 0 Å². The highest BCUT2D eigenvalue weighted by Crippen LogP contribution is 2.21. The van der Waals surface area contributed by atoms with Crippen molar-refractivity contribution in [2.45, 2.75) is 13.3 Å². The molecule has 0 bridgehead atoms. The van der Waals surface area contributed by atoms with E-state index in [0.717, 1.165) is 16.0 Å². The number of hydrogen-bond acceptors (Lipinski definition) is 4. The van der Waals surface area contributed by atoms with Gasteiger partial charge < -0.3 is 4.74 Å². The summed E-state index contributed by atoms with van der Waals surface area (Å²) < 4.78 is 5.65. The molecule has 0 saturated carbocycles. The summed E-state index contributed by atoms with van der Waals surface area (Å²) in [6, 6.07) is 21.2. The predicted octanol–water partition coefficient (Wildman–Crippen LogP) is 3.49. The molecular weight excluding hydrogens is 360 g/mol. The summed E-state index contributed by atoms with van der Waals surface area (Å²) in [5.41, 5.74) is 6.93. The second-order valence-corrected chi connectivity index (χ2v) is 7.26. The third-order valence-corrected chi connectivity index (χ3v) is 4.85. The number of amides is 2. The van der Waals surface area contributed by atoms with E-state index in [9.17, 15) is 9.59 Å². The van der Waals surface area contributed by atoms with Crippen LogP contribution in [0.4, 0.5) is 0 Å². The lowest BCUT2D eigenvalue weighted by Gasteiger charge is -2.12. The molecule has 0 aliphatic heterocycles. The minimum Gasteiger partial charge on any atom is -0.483 e. The first-order valence-electron chi connectivity index (χ1n) is 8.52. The lowest BCUT2D eigenvalue weighted by molar-refractivity contribution is -0.123. The second-order valence-electron chi connectivity index (χ2n) is 5.97. The average Bonchev–Trinajstić information content (AvgIpc) is 3.13. The number of carbonyl (C=O) groups excluding carboxylic acids is 2. The maximum Gasteiger partial charge on any atom is 0.279 e. The van der Waals surface area contributed by atoms with Crippen molar-refractivity contribution in [3.8, 4) is 5.75 Å². The Balaban J connectivity index is 1.52. The van der Waals surface area contributed by atoms with Crippen molar-refractivity contribution in [3.05, 3.63) is 87.6 Å². The number of rotatable bonds is 6. The van der Waals surface area contributed by atoms with Crippen LogP contribution < -0.4 is 15.6 Å². The van der Waals surface area contributed by atoms with Gasteiger partial charge in [0.1, 0.15) is 5.75 Å². The van der Waals surface area contributed by atoms with Gasteiger partial charge in [-0.3, -0.25) is 20.4 Å². The SMILES string of the molecule is Cc1ccc(C(=O)NNC(=O)COc2ccccc2Cc2ccccc2)s1. The van der Waals surface area contributed by atoms with Crippen LogP contribution in [-0.2, 0) is 11.2 Å². The molecule has 0 spiro atoms. The molecule has 0 radical (unpaired) electrons. The van der Waals surface area contributed by atoms with E-state index < -0.39 is 5.91 Å². The van der Waals surface area contributed by atoms with Gasteiger partial charge in [-0.25, -0.2) is 0 Å². The lowest BCUT2D eigenvalue weighted by Crippen LogP contribution is -2.43. The molecule has 0 aliphatic rings. The Labute approximate surface area is 162 Å². The first-order valence-corrected chi connectivity index (χ1v) is 9.34. The molecule has 0 saturated heterocycles. The zero-order valence-corrected chi connectivity index (χ0v) is 15.7. The maximum atomic E-state index is 12.0. The van der Waals surface area contributed by atoms with E-state index in [4.69, 9.17) is 4.74 Å². The number of para-hydroxylation sites is 1. The van der Waals surface area contributed by atoms with Gasteiger partial charge in [-0.15, -0.1) is 11.3 Å². The molecule has 0 unspecified atom stereocenters. The van der Waals surface area contributed by atoms with E-state index in [1.54, 1.807) is 6.07 Å². The zero-order valence-electron chi connectivity index (χ0n) is 14.9. The van der Waals surface area contributed by atoms with Crippen molar-refractivity contribution >= 4 is 23.2 Å². The van der Waals surface area contributed by atoms with Gasteiger partial charge >= 0.3 is 0 Å². The highest BCUT2D eigenvalue weighted by atomic mass is 32.1. The summed E-state index contributed by atoms with van der Waals surface area (Å²) >= 11 is 1.37. The molecule has 2 amide bonds. The number of aryl methyl sites for hydroxylation is 1. The molecule has 0 aliphatic carbocycles. The molecule has 27 heavy (non-hydrogen) atoms. The van der Waals surface area contributed by atoms with Crippen molar-refractivity contribution in [1.82, 2.24) is 10.9 Å². The van der Waals surface area contributed by atoms with E-state index in [1.165, 1.54) is 11.3 Å². The van der Waals surface area contributed by atoms with Gasteiger partial charge in [0.2, 0.25) is 0 Å². The molecule has 2 aromatic carbocycles. The maximum absolute atomic E-state index is 12.0. The largest absolute Gasteiger partial charge is 0.483 e. The Morgan fingerprint density at radius 2 is 1.67 bits per heavy atom. The van der Waals surface area contributed by atoms with Crippen molar-refractivity contribution in [1.29, 1.82) is 0 Å². The number of carbonyl (C=O) groups is 2. The zero-order chi connectivity index (χ0) is 19.1. The third-order valence-electron chi connectivity index (χ3n) is 3.85. The van der Waals surface area contributed by atoms with Gasteiger partial charge in [0.25, 0.3) is 11.8 Å². The van der Waals surface area contributed by atoms with Crippen LogP contribution in [0, 0.1) is 6.92 Å². The smallest absolute Gasteiger partial charge is 0.279 e. The van der Waals surface area contributed by atoms with E-state index >= 15 is 0 Å². The quantitative estimate of drug-likeness (QED) is 0.644. The van der Waals surface area contributed by atoms with Crippen LogP contribution in [-0.4, -0.2) is 18.4 Å². The fourth-order valence-corrected chi connectivity index (χ4v) is 3.29. The van der Waals surface area contributed by atoms with Crippen LogP contribution in [0.2, 0.25) is 0 Å². The van der Waals surface area contributed by atoms with Crippen molar-refractivity contribution in [2.24, 2.45) is 0 Å². The molecule has 2 N–H and O–H groups in total. The number of hydrogen-bond donors (Lipinski definition) is 2. The molecular formula is C21H20N2O3S. The average molecular weight is 380 g/mol. The van der Waals surface area contributed by atoms with Crippen LogP contribution in [0.15, 0.2) is 66.7 Å². The standard InChI is InChI=1S/C21H20N2O3S/c1-15-11-12-19(27-15)21(25)23-22-20(24)14-26-18-10-6-5-9-17(18)13-16-7-3-2-4-8-16/h2-12H,13-14H2,1H3,(H,22,24)(H,23,25). The van der Waals surface area contributed by atoms with Gasteiger partial charge in [0.15, 0.2) is 6.61 Å². The molecule has 3 rings (SSSR count). The van der Waals surface area contributed by atoms with Crippen LogP contribution in [0.3, 0.4) is 0 Å². The number of ether oxygens (including phenoxy) is 1. The molecule has 5 nitrogen and oxygen atoms in total. The predicted molar refractivity (Wildman–Crippen MR) is 106 cm³/mol. The highest BCUT2D eigenvalue weighted by molar-refractivity contribution is 7.13. The monoisotopic (exact) mass is 380 g/mol. The molecule has 3 aromatic rings. The molecule has 138 valence electrons. The van der Waals surface area contributed by atoms with Crippen LogP contribution >= 0.6 is 11.3 Å². The van der Waals surface area contributed by atoms with Gasteiger partial charge in [0, 0.05) is 11.3 Å². The Kier molecular flexibility index (Phi) is 6.22. The molecule has 0 fully saturated rings. The second kappa shape index (κ2) is 9.00. The number of nitrogens with one attached hydrogen (secondary N) is 2. The normalized spacial score (nSPS) is 10.3. The Bertz CT molecular complexity index is 922. The Morgan fingerprint density at radius 3 is 2.41 bits per heavy atom. The number of benzene rings is 2. The summed E-state index contributed by atoms with van der Waals surface area (Å²) in [4.78, 5) is 25.5. The first-order chi connectivity index (χ1) is 13.1. The molecule has 0 atom stereocenters. The van der Waals surface area contributed by atoms with Gasteiger partial charge in [-0.05, 0) is 36.2 Å². The molecule has 1 heterocycles. The Morgan fingerprint density at radius 1 is 0.926 bits per heavy atom. The summed E-state index contributed by atoms with van der Waals surface area (Å²) in [5, 5.41) is 0. The Hall–Kier alpha value is -3.12. The van der Waals surface area contributed by atoms with E-state index in [-0.39, 0.29) is 12.5 Å². The fourth-order valence-electron chi connectivity index (χ4n) is 2.53. The van der Waals surface area contributed by atoms with E-state index in [1.807, 2.05) is 67.6 Å². The van der Waals surface area contributed by atoms with Gasteiger partial charge in [0.05, 0.1) is 4.88 Å². The third kappa shape index (κ3) is 5.43. The minimum atomic E-state index is -0.425. The van der Waals surface area contributed by atoms with Crippen molar-refractivity contribution < 1.29 is 14.3 Å². The lowest BCUT2D eigenvalue weighted by atomic mass is 10.0. The van der Waals surface area contributed by atoms with Crippen molar-refractivity contribution in [2.75, 3.05) is 6.61 Å². The van der Waals surface area contributed by atoms with E-state index in [0.29, 0.717) is 17.0 Å². The summed E-state index contributed by atoms with van der Waals surface area (Å²) in [6.07, 6.45) is 0.715. The summed E-state index contributed by atoms with van der Waals surface area (Å²) in [5.74, 6) is -0.117. The van der Waals surface area contributed by atoms with Crippen LogP contribution in [0.5, 0.6) is 5.75 Å². The number of hydrazine groups is 1. The van der Waals surface area contributed by atoms with Crippen LogP contribution in [0.25, 0.3) is 0 Å². The first kappa shape index (κ1) is 18.7. The van der Waals surface area contributed by atoms with Crippen molar-refractivity contribution in [3.63, 3.8) is 0 Å². The molecule has 1 aromatic heterocycles. The minimum absolute atomic E-state index is 0.185. The topological polar surface area (TPSA) is 67.4 Å².